The lowest BCUT2D eigenvalue weighted by Gasteiger charge is -2.23. The zero-order valence-electron chi connectivity index (χ0n) is 16.6. The van der Waals surface area contributed by atoms with Crippen LogP contribution in [0.2, 0.25) is 5.02 Å². The molecule has 4 N–H and O–H groups in total. The van der Waals surface area contributed by atoms with Crippen LogP contribution >= 0.6 is 22.9 Å². The molecular formula is C19H27ClFN5O2S2. The van der Waals surface area contributed by atoms with E-state index in [4.69, 9.17) is 11.6 Å². The van der Waals surface area contributed by atoms with E-state index in [1.165, 1.54) is 25.5 Å². The summed E-state index contributed by atoms with van der Waals surface area (Å²) in [4.78, 5) is 3.34. The first-order chi connectivity index (χ1) is 14.5. The normalized spacial score (nSPS) is 17.1. The molecule has 2 aromatic rings. The molecule has 0 aliphatic carbocycles. The van der Waals surface area contributed by atoms with Gasteiger partial charge in [-0.25, -0.2) is 17.8 Å². The number of hydrogen-bond donors (Lipinski definition) is 4. The molecule has 1 aromatic carbocycles. The van der Waals surface area contributed by atoms with E-state index in [-0.39, 0.29) is 10.2 Å². The first-order valence-electron chi connectivity index (χ1n) is 10.0. The van der Waals surface area contributed by atoms with Crippen LogP contribution < -0.4 is 20.7 Å². The van der Waals surface area contributed by atoms with Crippen LogP contribution in [0.3, 0.4) is 0 Å². The van der Waals surface area contributed by atoms with Crippen LogP contribution in [0.25, 0.3) is 0 Å². The summed E-state index contributed by atoms with van der Waals surface area (Å²) in [5.41, 5.74) is 0.377. The number of aromatic nitrogens is 1. The molecule has 1 saturated heterocycles. The standard InChI is InChI=1S/C19H27ClFN5O2S2/c20-15-11-18(30(27,28)26-19-25-9-10-29-19)16(21)12-17(15)24-8-4-3-6-22-13-14-5-1-2-7-23-14/h9-12,14,22-24H,1-8,13H2,(H,25,26)/t14-/m0/s1. The van der Waals surface area contributed by atoms with Crippen molar-refractivity contribution in [2.75, 3.05) is 36.2 Å². The van der Waals surface area contributed by atoms with Gasteiger partial charge in [-0.2, -0.15) is 0 Å². The summed E-state index contributed by atoms with van der Waals surface area (Å²) >= 11 is 7.29. The Bertz CT molecular complexity index is 906. The van der Waals surface area contributed by atoms with E-state index in [0.29, 0.717) is 18.3 Å². The highest BCUT2D eigenvalue weighted by atomic mass is 35.5. The van der Waals surface area contributed by atoms with Crippen LogP contribution in [0.4, 0.5) is 15.2 Å². The van der Waals surface area contributed by atoms with E-state index in [1.54, 1.807) is 5.38 Å². The Morgan fingerprint density at radius 1 is 1.27 bits per heavy atom. The minimum atomic E-state index is -4.10. The molecule has 1 aliphatic heterocycles. The van der Waals surface area contributed by atoms with Gasteiger partial charge in [-0.1, -0.05) is 18.0 Å². The number of nitrogens with zero attached hydrogens (tertiary/aromatic N) is 1. The van der Waals surface area contributed by atoms with Gasteiger partial charge in [-0.15, -0.1) is 11.3 Å². The largest absolute Gasteiger partial charge is 0.384 e. The summed E-state index contributed by atoms with van der Waals surface area (Å²) in [5, 5.41) is 12.0. The summed E-state index contributed by atoms with van der Waals surface area (Å²) in [6, 6.07) is 2.80. The van der Waals surface area contributed by atoms with Crippen LogP contribution in [0.1, 0.15) is 32.1 Å². The molecule has 0 radical (unpaired) electrons. The number of anilines is 2. The molecule has 11 heteroatoms. The molecule has 0 saturated carbocycles. The van der Waals surface area contributed by atoms with Crippen LogP contribution in [-0.2, 0) is 10.0 Å². The van der Waals surface area contributed by atoms with Crippen LogP contribution in [0, 0.1) is 5.82 Å². The van der Waals surface area contributed by atoms with Crippen molar-refractivity contribution in [3.8, 4) is 0 Å². The smallest absolute Gasteiger partial charge is 0.266 e. The number of piperidine rings is 1. The van der Waals surface area contributed by atoms with Crippen molar-refractivity contribution in [3.05, 3.63) is 34.5 Å². The van der Waals surface area contributed by atoms with Crippen molar-refractivity contribution >= 4 is 43.8 Å². The zero-order valence-corrected chi connectivity index (χ0v) is 19.0. The first-order valence-corrected chi connectivity index (χ1v) is 12.8. The van der Waals surface area contributed by atoms with Crippen molar-refractivity contribution in [1.82, 2.24) is 15.6 Å². The highest BCUT2D eigenvalue weighted by Gasteiger charge is 2.22. The molecule has 7 nitrogen and oxygen atoms in total. The minimum Gasteiger partial charge on any atom is -0.384 e. The molecule has 0 unspecified atom stereocenters. The highest BCUT2D eigenvalue weighted by Crippen LogP contribution is 2.29. The van der Waals surface area contributed by atoms with Crippen molar-refractivity contribution in [2.45, 2.75) is 43.0 Å². The molecule has 3 rings (SSSR count). The molecular weight excluding hydrogens is 449 g/mol. The Balaban J connectivity index is 1.43. The minimum absolute atomic E-state index is 0.150. The van der Waals surface area contributed by atoms with Gasteiger partial charge in [-0.3, -0.25) is 4.72 Å². The Hall–Kier alpha value is -1.46. The van der Waals surface area contributed by atoms with E-state index >= 15 is 0 Å². The van der Waals surface area contributed by atoms with Crippen LogP contribution in [0.15, 0.2) is 28.6 Å². The van der Waals surface area contributed by atoms with Gasteiger partial charge in [0.15, 0.2) is 5.13 Å². The fraction of sp³-hybridized carbons (Fsp3) is 0.526. The second kappa shape index (κ2) is 11.2. The summed E-state index contributed by atoms with van der Waals surface area (Å²) in [6.45, 7) is 3.62. The van der Waals surface area contributed by atoms with Crippen LogP contribution in [0.5, 0.6) is 0 Å². The Kier molecular flexibility index (Phi) is 8.70. The molecule has 1 fully saturated rings. The lowest BCUT2D eigenvalue weighted by Crippen LogP contribution is -2.41. The number of nitrogens with one attached hydrogen (secondary N) is 4. The quantitative estimate of drug-likeness (QED) is 0.370. The van der Waals surface area contributed by atoms with E-state index < -0.39 is 20.7 Å². The van der Waals surface area contributed by atoms with Crippen molar-refractivity contribution in [3.63, 3.8) is 0 Å². The molecule has 0 amide bonds. The Labute approximate surface area is 185 Å². The topological polar surface area (TPSA) is 95.2 Å². The number of benzene rings is 1. The summed E-state index contributed by atoms with van der Waals surface area (Å²) in [6.07, 6.45) is 7.10. The average molecular weight is 476 g/mol. The third-order valence-electron chi connectivity index (χ3n) is 4.86. The summed E-state index contributed by atoms with van der Waals surface area (Å²) in [7, 11) is -4.10. The molecule has 1 aromatic heterocycles. The van der Waals surface area contributed by atoms with Crippen molar-refractivity contribution in [1.29, 1.82) is 0 Å². The second-order valence-corrected chi connectivity index (χ2v) is 10.1. The van der Waals surface area contributed by atoms with Gasteiger partial charge < -0.3 is 16.0 Å². The summed E-state index contributed by atoms with van der Waals surface area (Å²) in [5.74, 6) is -0.868. The molecule has 0 bridgehead atoms. The lowest BCUT2D eigenvalue weighted by molar-refractivity contribution is 0.383. The van der Waals surface area contributed by atoms with Gasteiger partial charge in [0.05, 0.1) is 10.7 Å². The first kappa shape index (κ1) is 23.2. The number of halogens is 2. The predicted molar refractivity (Wildman–Crippen MR) is 121 cm³/mol. The maximum Gasteiger partial charge on any atom is 0.266 e. The van der Waals surface area contributed by atoms with Gasteiger partial charge >= 0.3 is 0 Å². The number of sulfonamides is 1. The maximum atomic E-state index is 14.5. The third kappa shape index (κ3) is 6.78. The highest BCUT2D eigenvalue weighted by molar-refractivity contribution is 7.93. The van der Waals surface area contributed by atoms with Crippen molar-refractivity contribution in [2.24, 2.45) is 0 Å². The van der Waals surface area contributed by atoms with Gasteiger partial charge in [0.1, 0.15) is 10.7 Å². The monoisotopic (exact) mass is 475 g/mol. The second-order valence-electron chi connectivity index (χ2n) is 7.19. The van der Waals surface area contributed by atoms with E-state index in [2.05, 4.69) is 25.7 Å². The van der Waals surface area contributed by atoms with E-state index in [1.807, 2.05) is 0 Å². The molecule has 30 heavy (non-hydrogen) atoms. The molecule has 1 aliphatic rings. The van der Waals surface area contributed by atoms with Crippen molar-refractivity contribution < 1.29 is 12.8 Å². The number of unbranched alkanes of at least 4 members (excludes halogenated alkanes) is 1. The maximum absolute atomic E-state index is 14.5. The molecule has 2 heterocycles. The molecule has 1 atom stereocenters. The average Bonchev–Trinajstić information content (AvgIpc) is 3.22. The number of hydrogen-bond acceptors (Lipinski definition) is 7. The van der Waals surface area contributed by atoms with E-state index in [9.17, 15) is 12.8 Å². The SMILES string of the molecule is O=S(=O)(Nc1nccs1)c1cc(Cl)c(NCCCCNC[C@@H]2CCCCN2)cc1F. The number of rotatable bonds is 11. The Morgan fingerprint density at radius 3 is 2.83 bits per heavy atom. The van der Waals surface area contributed by atoms with Gasteiger partial charge in [0.25, 0.3) is 10.0 Å². The number of thiazole rings is 1. The van der Waals surface area contributed by atoms with E-state index in [0.717, 1.165) is 55.9 Å². The molecule has 0 spiro atoms. The fourth-order valence-electron chi connectivity index (χ4n) is 3.29. The van der Waals surface area contributed by atoms with Gasteiger partial charge in [-0.05, 0) is 50.9 Å². The van der Waals surface area contributed by atoms with Gasteiger partial charge in [0.2, 0.25) is 0 Å². The molecule has 166 valence electrons. The predicted octanol–water partition coefficient (Wildman–Crippen LogP) is 3.66. The van der Waals surface area contributed by atoms with Crippen LogP contribution in [-0.4, -0.2) is 45.6 Å². The fourth-order valence-corrected chi connectivity index (χ4v) is 5.46. The third-order valence-corrected chi connectivity index (χ3v) is 7.35. The lowest BCUT2D eigenvalue weighted by atomic mass is 10.1. The Morgan fingerprint density at radius 2 is 2.10 bits per heavy atom. The van der Waals surface area contributed by atoms with Gasteiger partial charge in [0, 0.05) is 30.7 Å². The summed E-state index contributed by atoms with van der Waals surface area (Å²) < 4.78 is 41.5. The zero-order chi connectivity index (χ0) is 21.4.